The summed E-state index contributed by atoms with van der Waals surface area (Å²) < 4.78 is 0. The maximum Gasteiger partial charge on any atom is 0.237 e. The Morgan fingerprint density at radius 3 is 2.45 bits per heavy atom. The molecule has 0 aliphatic heterocycles. The van der Waals surface area contributed by atoms with Crippen LogP contribution in [0.4, 0.5) is 0 Å². The summed E-state index contributed by atoms with van der Waals surface area (Å²) in [6.45, 7) is 5.83. The van der Waals surface area contributed by atoms with Gasteiger partial charge in [-0.3, -0.25) is 4.79 Å². The molecule has 2 atom stereocenters. The van der Waals surface area contributed by atoms with Crippen LogP contribution in [0.2, 0.25) is 0 Å². The average Bonchev–Trinajstić information content (AvgIpc) is 2.52. The highest BCUT2D eigenvalue weighted by Gasteiger charge is 2.20. The van der Waals surface area contributed by atoms with Crippen LogP contribution in [0.1, 0.15) is 71.6 Å². The highest BCUT2D eigenvalue weighted by molar-refractivity contribution is 5.81. The average molecular weight is 316 g/mol. The fourth-order valence-electron chi connectivity index (χ4n) is 2.52. The first-order chi connectivity index (χ1) is 10.7. The Morgan fingerprint density at radius 2 is 1.86 bits per heavy atom. The summed E-state index contributed by atoms with van der Waals surface area (Å²) in [5.74, 6) is 0.0879. The molecule has 0 spiro atoms. The van der Waals surface area contributed by atoms with Gasteiger partial charge in [0.15, 0.2) is 0 Å². The summed E-state index contributed by atoms with van der Waals surface area (Å²) in [5, 5.41) is 15.5. The highest BCUT2D eigenvalue weighted by atomic mass is 16.3. The minimum Gasteiger partial charge on any atom is -0.396 e. The molecule has 2 unspecified atom stereocenters. The molecule has 1 amide bonds. The molecule has 0 aromatic rings. The van der Waals surface area contributed by atoms with Crippen LogP contribution in [-0.4, -0.2) is 42.8 Å². The second kappa shape index (κ2) is 15.3. The van der Waals surface area contributed by atoms with E-state index in [9.17, 15) is 4.79 Å². The van der Waals surface area contributed by atoms with Crippen molar-refractivity contribution in [2.24, 2.45) is 5.73 Å². The van der Waals surface area contributed by atoms with Crippen LogP contribution in [0, 0.1) is 0 Å². The van der Waals surface area contributed by atoms with E-state index in [4.69, 9.17) is 10.8 Å². The molecule has 5 N–H and O–H groups in total. The smallest absolute Gasteiger partial charge is 0.237 e. The molecule has 0 aliphatic carbocycles. The lowest BCUT2D eigenvalue weighted by atomic mass is 10.0. The number of hydrogen-bond donors (Lipinski definition) is 4. The van der Waals surface area contributed by atoms with Crippen molar-refractivity contribution in [3.05, 3.63) is 0 Å². The van der Waals surface area contributed by atoms with E-state index >= 15 is 0 Å². The summed E-state index contributed by atoms with van der Waals surface area (Å²) >= 11 is 0. The summed E-state index contributed by atoms with van der Waals surface area (Å²) in [6, 6.07) is 0.0212. The molecular weight excluding hydrogens is 278 g/mol. The van der Waals surface area contributed by atoms with Gasteiger partial charge in [0.2, 0.25) is 5.91 Å². The normalized spacial score (nSPS) is 13.8. The summed E-state index contributed by atoms with van der Waals surface area (Å²) in [6.07, 6.45) is 8.95. The second-order valence-corrected chi connectivity index (χ2v) is 5.97. The van der Waals surface area contributed by atoms with E-state index in [1.165, 1.54) is 19.3 Å². The minimum atomic E-state index is -0.172. The molecule has 132 valence electrons. The number of nitrogens with one attached hydrogen (secondary N) is 2. The third-order valence-electron chi connectivity index (χ3n) is 4.00. The topological polar surface area (TPSA) is 87.4 Å². The molecule has 5 nitrogen and oxygen atoms in total. The molecule has 0 saturated heterocycles. The monoisotopic (exact) mass is 315 g/mol. The first-order valence-electron chi connectivity index (χ1n) is 9.04. The van der Waals surface area contributed by atoms with E-state index in [1.807, 2.05) is 0 Å². The molecule has 0 aromatic heterocycles. The lowest BCUT2D eigenvalue weighted by molar-refractivity contribution is -0.123. The number of aliphatic hydroxyl groups excluding tert-OH is 1. The standard InChI is InChI=1S/C17H37N3O2/c1-3-5-6-9-13-19-17(22)16(10-7-8-12-18)20-15(4-2)11-14-21/h15-16,20-21H,3-14,18H2,1-2H3,(H,19,22). The lowest BCUT2D eigenvalue weighted by Gasteiger charge is -2.24. The van der Waals surface area contributed by atoms with Crippen molar-refractivity contribution in [1.82, 2.24) is 10.6 Å². The Bertz CT molecular complexity index is 262. The van der Waals surface area contributed by atoms with Crippen molar-refractivity contribution in [2.75, 3.05) is 19.7 Å². The van der Waals surface area contributed by atoms with Crippen LogP contribution in [0.15, 0.2) is 0 Å². The summed E-state index contributed by atoms with van der Waals surface area (Å²) in [5.41, 5.74) is 5.54. The number of rotatable bonds is 15. The van der Waals surface area contributed by atoms with Gasteiger partial charge in [-0.2, -0.15) is 0 Å². The van der Waals surface area contributed by atoms with Crippen molar-refractivity contribution >= 4 is 5.91 Å². The zero-order valence-corrected chi connectivity index (χ0v) is 14.6. The molecule has 22 heavy (non-hydrogen) atoms. The van der Waals surface area contributed by atoms with Crippen LogP contribution in [0.25, 0.3) is 0 Å². The van der Waals surface area contributed by atoms with Crippen molar-refractivity contribution in [1.29, 1.82) is 0 Å². The third-order valence-corrected chi connectivity index (χ3v) is 4.00. The van der Waals surface area contributed by atoms with E-state index in [1.54, 1.807) is 0 Å². The van der Waals surface area contributed by atoms with Crippen LogP contribution >= 0.6 is 0 Å². The zero-order chi connectivity index (χ0) is 16.6. The number of nitrogens with two attached hydrogens (primary N) is 1. The number of unbranched alkanes of at least 4 members (excludes halogenated alkanes) is 4. The summed E-state index contributed by atoms with van der Waals surface area (Å²) in [7, 11) is 0. The summed E-state index contributed by atoms with van der Waals surface area (Å²) in [4.78, 5) is 12.4. The number of carbonyl (C=O) groups is 1. The molecule has 0 saturated carbocycles. The Hall–Kier alpha value is -0.650. The fraction of sp³-hybridized carbons (Fsp3) is 0.941. The van der Waals surface area contributed by atoms with E-state index in [0.29, 0.717) is 13.0 Å². The molecule has 0 rings (SSSR count). The maximum absolute atomic E-state index is 12.4. The van der Waals surface area contributed by atoms with Crippen molar-refractivity contribution in [3.8, 4) is 0 Å². The first-order valence-corrected chi connectivity index (χ1v) is 9.04. The van der Waals surface area contributed by atoms with Gasteiger partial charge in [0.25, 0.3) is 0 Å². The largest absolute Gasteiger partial charge is 0.396 e. The van der Waals surface area contributed by atoms with Crippen LogP contribution in [0.5, 0.6) is 0 Å². The van der Waals surface area contributed by atoms with Crippen LogP contribution in [0.3, 0.4) is 0 Å². The van der Waals surface area contributed by atoms with Crippen LogP contribution in [-0.2, 0) is 4.79 Å². The predicted octanol–water partition coefficient (Wildman–Crippen LogP) is 1.93. The SMILES string of the molecule is CCCCCCNC(=O)C(CCCCN)NC(CC)CCO. The lowest BCUT2D eigenvalue weighted by Crippen LogP contribution is -2.48. The Balaban J connectivity index is 4.26. The van der Waals surface area contributed by atoms with E-state index in [-0.39, 0.29) is 24.6 Å². The van der Waals surface area contributed by atoms with Gasteiger partial charge in [-0.1, -0.05) is 39.5 Å². The van der Waals surface area contributed by atoms with Gasteiger partial charge in [-0.05, 0) is 38.6 Å². The number of amides is 1. The molecule has 0 heterocycles. The van der Waals surface area contributed by atoms with E-state index < -0.39 is 0 Å². The third kappa shape index (κ3) is 11.0. The van der Waals surface area contributed by atoms with Crippen molar-refractivity contribution < 1.29 is 9.90 Å². The number of carbonyl (C=O) groups excluding carboxylic acids is 1. The quantitative estimate of drug-likeness (QED) is 0.348. The first kappa shape index (κ1) is 21.4. The number of aliphatic hydroxyl groups is 1. The Morgan fingerprint density at radius 1 is 1.09 bits per heavy atom. The molecule has 0 radical (unpaired) electrons. The molecular formula is C17H37N3O2. The molecule has 0 bridgehead atoms. The van der Waals surface area contributed by atoms with Gasteiger partial charge in [0, 0.05) is 19.2 Å². The van der Waals surface area contributed by atoms with Gasteiger partial charge < -0.3 is 21.5 Å². The fourth-order valence-corrected chi connectivity index (χ4v) is 2.52. The minimum absolute atomic E-state index is 0.0879. The van der Waals surface area contributed by atoms with Crippen molar-refractivity contribution in [3.63, 3.8) is 0 Å². The van der Waals surface area contributed by atoms with Gasteiger partial charge in [0.05, 0.1) is 6.04 Å². The molecule has 5 heteroatoms. The zero-order valence-electron chi connectivity index (χ0n) is 14.6. The number of hydrogen-bond acceptors (Lipinski definition) is 4. The molecule has 0 fully saturated rings. The maximum atomic E-state index is 12.4. The van der Waals surface area contributed by atoms with Gasteiger partial charge in [-0.25, -0.2) is 0 Å². The van der Waals surface area contributed by atoms with Gasteiger partial charge in [0.1, 0.15) is 0 Å². The Kier molecular flexibility index (Phi) is 14.8. The van der Waals surface area contributed by atoms with Gasteiger partial charge >= 0.3 is 0 Å². The van der Waals surface area contributed by atoms with E-state index in [2.05, 4.69) is 24.5 Å². The van der Waals surface area contributed by atoms with E-state index in [0.717, 1.165) is 38.6 Å². The predicted molar refractivity (Wildman–Crippen MR) is 92.8 cm³/mol. The molecule has 0 aliphatic rings. The van der Waals surface area contributed by atoms with Gasteiger partial charge in [-0.15, -0.1) is 0 Å². The second-order valence-electron chi connectivity index (χ2n) is 5.97. The Labute approximate surface area is 136 Å². The van der Waals surface area contributed by atoms with Crippen LogP contribution < -0.4 is 16.4 Å². The highest BCUT2D eigenvalue weighted by Crippen LogP contribution is 2.06. The van der Waals surface area contributed by atoms with Crippen molar-refractivity contribution in [2.45, 2.75) is 83.7 Å². The molecule has 0 aromatic carbocycles.